The molecule has 1 atom stereocenters. The second kappa shape index (κ2) is 31.3. The number of anilines is 1. The standard InChI is InChI=1S/C59H71N3O14S/c1-4-55(63)71-33-8-31-69-47-20-24-49(25-21-47)75-57(65)44-16-12-42(13-17-44)40-73-51-28-29-53(46(38-51)39-60-62(30-35-68-37-36-67-3)59-61-52-10-6-7-11-54(52)77-59)74-41-43-14-18-45(19-15-43)58(66)76-50-26-22-48(23-27-50)70-32-9-34-72-56(64)5-2/h4-7,10-11,20-29,38-39,42-45,59,61H,1-2,8-9,12-19,30-37,40-41H2,3H3/b60-39+. The van der Waals surface area contributed by atoms with Crippen LogP contribution in [-0.4, -0.2) is 114 Å². The van der Waals surface area contributed by atoms with Gasteiger partial charge in [0.1, 0.15) is 34.5 Å². The van der Waals surface area contributed by atoms with Crippen LogP contribution < -0.4 is 33.7 Å². The van der Waals surface area contributed by atoms with Gasteiger partial charge in [0.2, 0.25) is 0 Å². The molecule has 1 heterocycles. The third-order valence-electron chi connectivity index (χ3n) is 13.2. The maximum atomic E-state index is 13.2. The van der Waals surface area contributed by atoms with Crippen LogP contribution in [0.15, 0.2) is 126 Å². The maximum Gasteiger partial charge on any atom is 0.330 e. The van der Waals surface area contributed by atoms with Crippen molar-refractivity contribution in [3.8, 4) is 34.5 Å². The van der Waals surface area contributed by atoms with Crippen molar-refractivity contribution >= 4 is 47.5 Å². The number of esters is 4. The third kappa shape index (κ3) is 19.2. The number of fused-ring (bicyclic) bond motifs is 1. The molecule has 0 aromatic heterocycles. The summed E-state index contributed by atoms with van der Waals surface area (Å²) in [4.78, 5) is 50.0. The number of carbonyl (C=O) groups is 4. The van der Waals surface area contributed by atoms with E-state index in [4.69, 9.17) is 52.5 Å². The fourth-order valence-electron chi connectivity index (χ4n) is 8.85. The Morgan fingerprint density at radius 2 is 1.14 bits per heavy atom. The highest BCUT2D eigenvalue weighted by Crippen LogP contribution is 2.40. The molecule has 17 nitrogen and oxygen atoms in total. The van der Waals surface area contributed by atoms with Crippen molar-refractivity contribution in [1.29, 1.82) is 0 Å². The highest BCUT2D eigenvalue weighted by molar-refractivity contribution is 8.00. The van der Waals surface area contributed by atoms with Crippen LogP contribution >= 0.6 is 11.8 Å². The normalized spacial score (nSPS) is 18.7. The van der Waals surface area contributed by atoms with Crippen LogP contribution in [0.25, 0.3) is 0 Å². The molecule has 0 saturated heterocycles. The minimum atomic E-state index is -0.466. The van der Waals surface area contributed by atoms with E-state index in [1.54, 1.807) is 67.4 Å². The Kier molecular flexibility index (Phi) is 23.4. The Hall–Kier alpha value is -7.02. The fraction of sp³-hybridized carbons (Fsp3) is 0.441. The zero-order valence-electron chi connectivity index (χ0n) is 43.9. The summed E-state index contributed by atoms with van der Waals surface area (Å²) in [5, 5.41) is 10.6. The van der Waals surface area contributed by atoms with E-state index in [-0.39, 0.29) is 54.3 Å². The van der Waals surface area contributed by atoms with Gasteiger partial charge in [-0.25, -0.2) is 9.59 Å². The number of nitrogens with zero attached hydrogens (tertiary/aromatic N) is 2. The lowest BCUT2D eigenvalue weighted by atomic mass is 9.82. The summed E-state index contributed by atoms with van der Waals surface area (Å²) in [6.45, 7) is 10.9. The molecule has 7 rings (SSSR count). The molecule has 0 amide bonds. The molecule has 2 saturated carbocycles. The summed E-state index contributed by atoms with van der Waals surface area (Å²) in [6.07, 6.45) is 11.2. The number of carbonyl (C=O) groups excluding carboxylic acids is 4. The summed E-state index contributed by atoms with van der Waals surface area (Å²) in [6, 6.07) is 27.9. The summed E-state index contributed by atoms with van der Waals surface area (Å²) in [5.74, 6) is 2.17. The van der Waals surface area contributed by atoms with Gasteiger partial charge in [0.15, 0.2) is 5.50 Å². The van der Waals surface area contributed by atoms with Gasteiger partial charge in [-0.05, 0) is 142 Å². The van der Waals surface area contributed by atoms with Gasteiger partial charge in [-0.2, -0.15) is 5.10 Å². The van der Waals surface area contributed by atoms with E-state index in [1.165, 1.54) is 0 Å². The van der Waals surface area contributed by atoms with E-state index in [1.807, 2.05) is 41.6 Å². The predicted octanol–water partition coefficient (Wildman–Crippen LogP) is 10.1. The van der Waals surface area contributed by atoms with Gasteiger partial charge < -0.3 is 52.7 Å². The number of nitrogens with one attached hydrogen (secondary N) is 1. The first-order valence-electron chi connectivity index (χ1n) is 26.4. The molecule has 2 fully saturated rings. The molecule has 1 aliphatic heterocycles. The predicted molar refractivity (Wildman–Crippen MR) is 292 cm³/mol. The first-order valence-corrected chi connectivity index (χ1v) is 27.3. The SMILES string of the molecule is C=CC(=O)OCCCOc1ccc(OC(=O)C2CCC(COc3ccc(OCC4CCC(C(=O)Oc5ccc(OCCCOC(=O)C=C)cc5)CC4)c(/C=N/N(CCOCCOC)C4Nc5ccccc5S4)c3)CC2)cc1. The van der Waals surface area contributed by atoms with Crippen LogP contribution in [0.3, 0.4) is 0 Å². The Morgan fingerprint density at radius 1 is 0.610 bits per heavy atom. The summed E-state index contributed by atoms with van der Waals surface area (Å²) >= 11 is 1.69. The molecule has 4 aromatic rings. The van der Waals surface area contributed by atoms with Gasteiger partial charge in [-0.3, -0.25) is 14.6 Å². The van der Waals surface area contributed by atoms with Crippen LogP contribution in [-0.2, 0) is 38.1 Å². The second-order valence-electron chi connectivity index (χ2n) is 18.8. The van der Waals surface area contributed by atoms with Crippen molar-refractivity contribution in [2.75, 3.05) is 78.4 Å². The minimum Gasteiger partial charge on any atom is -0.493 e. The van der Waals surface area contributed by atoms with E-state index in [9.17, 15) is 19.2 Å². The van der Waals surface area contributed by atoms with E-state index < -0.39 is 11.9 Å². The smallest absolute Gasteiger partial charge is 0.330 e. The first kappa shape index (κ1) is 57.7. The minimum absolute atomic E-state index is 0.168. The molecule has 0 radical (unpaired) electrons. The quantitative estimate of drug-likeness (QED) is 0.0125. The average molecular weight is 1080 g/mol. The zero-order chi connectivity index (χ0) is 54.0. The molecule has 1 N–H and O–H groups in total. The van der Waals surface area contributed by atoms with Crippen molar-refractivity contribution in [2.24, 2.45) is 28.8 Å². The van der Waals surface area contributed by atoms with E-state index in [0.29, 0.717) is 126 Å². The molecular formula is C59H71N3O14S. The molecule has 0 spiro atoms. The van der Waals surface area contributed by atoms with Gasteiger partial charge in [0.25, 0.3) is 0 Å². The summed E-state index contributed by atoms with van der Waals surface area (Å²) in [5.41, 5.74) is 1.64. The monoisotopic (exact) mass is 1080 g/mol. The zero-order valence-corrected chi connectivity index (χ0v) is 44.7. The molecular weight excluding hydrogens is 1010 g/mol. The number of thioether (sulfide) groups is 1. The fourth-order valence-corrected chi connectivity index (χ4v) is 9.97. The molecule has 2 aliphatic carbocycles. The first-order chi connectivity index (χ1) is 37.7. The van der Waals surface area contributed by atoms with Crippen LogP contribution in [0.1, 0.15) is 69.8 Å². The van der Waals surface area contributed by atoms with Crippen LogP contribution in [0, 0.1) is 23.7 Å². The number of hydrogen-bond donors (Lipinski definition) is 1. The maximum absolute atomic E-state index is 13.2. The van der Waals surface area contributed by atoms with Crippen LogP contribution in [0.4, 0.5) is 5.69 Å². The lowest BCUT2D eigenvalue weighted by Gasteiger charge is -2.28. The van der Waals surface area contributed by atoms with E-state index in [0.717, 1.165) is 54.0 Å². The van der Waals surface area contributed by atoms with Gasteiger partial charge >= 0.3 is 23.9 Å². The van der Waals surface area contributed by atoms with Crippen molar-refractivity contribution in [3.05, 3.63) is 122 Å². The highest BCUT2D eigenvalue weighted by atomic mass is 32.2. The van der Waals surface area contributed by atoms with Gasteiger partial charge in [-0.1, -0.05) is 37.1 Å². The highest BCUT2D eigenvalue weighted by Gasteiger charge is 2.31. The Bertz CT molecular complexity index is 2520. The summed E-state index contributed by atoms with van der Waals surface area (Å²) < 4.78 is 57.0. The Morgan fingerprint density at radius 3 is 1.69 bits per heavy atom. The molecule has 3 aliphatic rings. The second-order valence-corrected chi connectivity index (χ2v) is 19.9. The van der Waals surface area contributed by atoms with Gasteiger partial charge in [0.05, 0.1) is 89.7 Å². The van der Waals surface area contributed by atoms with Crippen molar-refractivity contribution in [2.45, 2.75) is 74.6 Å². The topological polar surface area (TPSA) is 188 Å². The molecule has 1 unspecified atom stereocenters. The average Bonchev–Trinajstić information content (AvgIpc) is 3.90. The molecule has 412 valence electrons. The lowest BCUT2D eigenvalue weighted by Crippen LogP contribution is -2.35. The van der Waals surface area contributed by atoms with Crippen LogP contribution in [0.5, 0.6) is 34.5 Å². The summed E-state index contributed by atoms with van der Waals surface area (Å²) in [7, 11) is 1.65. The third-order valence-corrected chi connectivity index (χ3v) is 14.4. The van der Waals surface area contributed by atoms with Gasteiger partial charge in [-0.15, -0.1) is 0 Å². The Labute approximate surface area is 455 Å². The number of rotatable bonds is 31. The molecule has 4 aromatic carbocycles. The largest absolute Gasteiger partial charge is 0.493 e. The van der Waals surface area contributed by atoms with Crippen molar-refractivity contribution in [1.82, 2.24) is 5.01 Å². The van der Waals surface area contributed by atoms with Crippen molar-refractivity contribution in [3.63, 3.8) is 0 Å². The molecule has 77 heavy (non-hydrogen) atoms. The molecule has 18 heteroatoms. The molecule has 0 bridgehead atoms. The van der Waals surface area contributed by atoms with Crippen molar-refractivity contribution < 1.29 is 66.5 Å². The number of benzene rings is 4. The Balaban J connectivity index is 0.914. The van der Waals surface area contributed by atoms with E-state index in [2.05, 4.69) is 30.6 Å². The number of hydrogen-bond acceptors (Lipinski definition) is 18. The van der Waals surface area contributed by atoms with E-state index >= 15 is 0 Å². The number of para-hydroxylation sites is 1. The number of ether oxygens (including phenoxy) is 10. The van der Waals surface area contributed by atoms with Crippen LogP contribution in [0.2, 0.25) is 0 Å². The van der Waals surface area contributed by atoms with Gasteiger partial charge in [0, 0.05) is 42.6 Å². The lowest BCUT2D eigenvalue weighted by molar-refractivity contribution is -0.141. The number of hydrazone groups is 1. The number of methoxy groups -OCH3 is 1.